The molecular weight excluding hydrogens is 262 g/mol. The van der Waals surface area contributed by atoms with E-state index in [1.165, 1.54) is 11.3 Å². The minimum Gasteiger partial charge on any atom is -0.480 e. The number of aliphatic carboxylic acids is 1. The van der Waals surface area contributed by atoms with E-state index < -0.39 is 23.7 Å². The summed E-state index contributed by atoms with van der Waals surface area (Å²) in [5, 5.41) is 9.89. The normalized spacial score (nSPS) is 18.1. The molecule has 0 aliphatic carbocycles. The van der Waals surface area contributed by atoms with Gasteiger partial charge in [0.1, 0.15) is 6.54 Å². The Morgan fingerprint density at radius 1 is 1.47 bits per heavy atom. The molecule has 0 unspecified atom stereocenters. The molecule has 1 aliphatic heterocycles. The Morgan fingerprint density at radius 3 is 2.82 bits per heavy atom. The van der Waals surface area contributed by atoms with Gasteiger partial charge in [-0.25, -0.2) is 0 Å². The number of amides is 2. The van der Waals surface area contributed by atoms with Crippen molar-refractivity contribution in [2.75, 3.05) is 6.54 Å². The van der Waals surface area contributed by atoms with E-state index in [1.54, 1.807) is 6.08 Å². The van der Waals surface area contributed by atoms with Crippen molar-refractivity contribution in [3.05, 3.63) is 27.3 Å². The zero-order valence-electron chi connectivity index (χ0n) is 8.45. The molecule has 1 aromatic heterocycles. The Morgan fingerprint density at radius 2 is 2.24 bits per heavy atom. The fraction of sp³-hybridized carbons (Fsp3) is 0.100. The Bertz CT molecular complexity index is 506. The van der Waals surface area contributed by atoms with Crippen LogP contribution in [0.2, 0.25) is 0 Å². The fourth-order valence-electron chi connectivity index (χ4n) is 1.27. The number of carboxylic acids is 1. The first-order valence-corrected chi connectivity index (χ1v) is 6.28. The lowest BCUT2D eigenvalue weighted by molar-refractivity contribution is -0.140. The first-order valence-electron chi connectivity index (χ1n) is 4.58. The van der Waals surface area contributed by atoms with E-state index in [0.29, 0.717) is 0 Å². The maximum absolute atomic E-state index is 11.7. The van der Waals surface area contributed by atoms with E-state index in [2.05, 4.69) is 0 Å². The van der Waals surface area contributed by atoms with Crippen LogP contribution in [-0.2, 0) is 9.59 Å². The van der Waals surface area contributed by atoms with E-state index in [4.69, 9.17) is 5.11 Å². The van der Waals surface area contributed by atoms with Crippen LogP contribution < -0.4 is 0 Å². The van der Waals surface area contributed by atoms with Crippen LogP contribution in [0.3, 0.4) is 0 Å². The number of hydrogen-bond acceptors (Lipinski definition) is 5. The molecule has 1 N–H and O–H groups in total. The zero-order valence-corrected chi connectivity index (χ0v) is 10.1. The van der Waals surface area contributed by atoms with Crippen molar-refractivity contribution in [2.24, 2.45) is 0 Å². The predicted octanol–water partition coefficient (Wildman–Crippen LogP) is 1.87. The number of thioether (sulfide) groups is 1. The third-order valence-corrected chi connectivity index (χ3v) is 3.71. The van der Waals surface area contributed by atoms with Gasteiger partial charge in [0.2, 0.25) is 0 Å². The van der Waals surface area contributed by atoms with Gasteiger partial charge in [0, 0.05) is 4.88 Å². The molecule has 1 aliphatic rings. The van der Waals surface area contributed by atoms with Gasteiger partial charge in [-0.05, 0) is 29.3 Å². The quantitative estimate of drug-likeness (QED) is 0.848. The van der Waals surface area contributed by atoms with Crippen LogP contribution in [0, 0.1) is 0 Å². The predicted molar refractivity (Wildman–Crippen MR) is 64.6 cm³/mol. The van der Waals surface area contributed by atoms with Crippen molar-refractivity contribution < 1.29 is 19.5 Å². The summed E-state index contributed by atoms with van der Waals surface area (Å²) >= 11 is 2.20. The molecule has 2 rings (SSSR count). The minimum absolute atomic E-state index is 0.263. The van der Waals surface area contributed by atoms with Crippen molar-refractivity contribution in [1.29, 1.82) is 0 Å². The van der Waals surface area contributed by atoms with Crippen LogP contribution in [0.1, 0.15) is 4.88 Å². The first kappa shape index (κ1) is 11.9. The van der Waals surface area contributed by atoms with Crippen LogP contribution in [0.15, 0.2) is 22.4 Å². The molecule has 2 amide bonds. The summed E-state index contributed by atoms with van der Waals surface area (Å²) < 4.78 is 0. The molecule has 0 atom stereocenters. The monoisotopic (exact) mass is 269 g/mol. The lowest BCUT2D eigenvalue weighted by atomic mass is 10.3. The minimum atomic E-state index is -1.20. The summed E-state index contributed by atoms with van der Waals surface area (Å²) in [6, 6.07) is 3.65. The first-order chi connectivity index (χ1) is 8.08. The van der Waals surface area contributed by atoms with Crippen molar-refractivity contribution in [3.63, 3.8) is 0 Å². The molecule has 0 radical (unpaired) electrons. The number of carbonyl (C=O) groups is 3. The molecule has 1 fully saturated rings. The number of imide groups is 1. The van der Waals surface area contributed by atoms with Gasteiger partial charge in [-0.3, -0.25) is 19.3 Å². The van der Waals surface area contributed by atoms with E-state index in [1.807, 2.05) is 17.5 Å². The summed E-state index contributed by atoms with van der Waals surface area (Å²) in [6.07, 6.45) is 1.59. The summed E-state index contributed by atoms with van der Waals surface area (Å²) in [7, 11) is 0. The summed E-state index contributed by atoms with van der Waals surface area (Å²) in [5.41, 5.74) is 0. The van der Waals surface area contributed by atoms with Crippen molar-refractivity contribution in [1.82, 2.24) is 4.90 Å². The summed E-state index contributed by atoms with van der Waals surface area (Å²) in [5.74, 6) is -1.75. The van der Waals surface area contributed by atoms with Gasteiger partial charge in [0.15, 0.2) is 0 Å². The van der Waals surface area contributed by atoms with Gasteiger partial charge in [-0.15, -0.1) is 11.3 Å². The van der Waals surface area contributed by atoms with Crippen LogP contribution in [0.4, 0.5) is 4.79 Å². The Labute approximate surface area is 105 Å². The summed E-state index contributed by atoms with van der Waals surface area (Å²) in [6.45, 7) is -0.591. The third kappa shape index (κ3) is 2.56. The SMILES string of the molecule is O=C(O)CN1C(=O)SC(=Cc2cccs2)C1=O. The molecule has 17 heavy (non-hydrogen) atoms. The number of hydrogen-bond donors (Lipinski definition) is 1. The Hall–Kier alpha value is -1.60. The summed E-state index contributed by atoms with van der Waals surface area (Å²) in [4.78, 5) is 35.5. The molecule has 1 saturated heterocycles. The number of rotatable bonds is 3. The number of carboxylic acid groups (broad SMARTS) is 1. The molecule has 0 aromatic carbocycles. The largest absolute Gasteiger partial charge is 0.480 e. The van der Waals surface area contributed by atoms with Crippen molar-refractivity contribution in [3.8, 4) is 0 Å². The van der Waals surface area contributed by atoms with Gasteiger partial charge in [0.05, 0.1) is 4.91 Å². The van der Waals surface area contributed by atoms with E-state index >= 15 is 0 Å². The highest BCUT2D eigenvalue weighted by Gasteiger charge is 2.36. The maximum Gasteiger partial charge on any atom is 0.323 e. The highest BCUT2D eigenvalue weighted by Crippen LogP contribution is 2.32. The smallest absolute Gasteiger partial charge is 0.323 e. The molecule has 0 bridgehead atoms. The van der Waals surface area contributed by atoms with Gasteiger partial charge in [-0.2, -0.15) is 0 Å². The number of thiophene rings is 1. The van der Waals surface area contributed by atoms with Crippen LogP contribution in [-0.4, -0.2) is 33.7 Å². The van der Waals surface area contributed by atoms with Crippen LogP contribution >= 0.6 is 23.1 Å². The molecule has 1 aromatic rings. The standard InChI is InChI=1S/C10H7NO4S2/c12-8(13)5-11-9(14)7(17-10(11)15)4-6-2-1-3-16-6/h1-4H,5H2,(H,12,13). The van der Waals surface area contributed by atoms with Gasteiger partial charge < -0.3 is 5.11 Å². The van der Waals surface area contributed by atoms with E-state index in [-0.39, 0.29) is 4.91 Å². The molecule has 7 heteroatoms. The zero-order chi connectivity index (χ0) is 12.4. The highest BCUT2D eigenvalue weighted by molar-refractivity contribution is 8.18. The lowest BCUT2D eigenvalue weighted by Crippen LogP contribution is -2.33. The fourth-order valence-corrected chi connectivity index (χ4v) is 2.84. The number of nitrogens with zero attached hydrogens (tertiary/aromatic N) is 1. The second-order valence-electron chi connectivity index (χ2n) is 3.18. The molecule has 88 valence electrons. The van der Waals surface area contributed by atoms with Crippen molar-refractivity contribution in [2.45, 2.75) is 0 Å². The van der Waals surface area contributed by atoms with Crippen LogP contribution in [0.25, 0.3) is 6.08 Å². The Balaban J connectivity index is 2.21. The van der Waals surface area contributed by atoms with Gasteiger partial charge >= 0.3 is 5.97 Å². The third-order valence-electron chi connectivity index (χ3n) is 1.98. The van der Waals surface area contributed by atoms with Crippen LogP contribution in [0.5, 0.6) is 0 Å². The number of carbonyl (C=O) groups excluding carboxylic acids is 2. The highest BCUT2D eigenvalue weighted by atomic mass is 32.2. The van der Waals surface area contributed by atoms with Gasteiger partial charge in [-0.1, -0.05) is 6.07 Å². The molecule has 2 heterocycles. The molecule has 0 spiro atoms. The van der Waals surface area contributed by atoms with E-state index in [0.717, 1.165) is 21.5 Å². The van der Waals surface area contributed by atoms with E-state index in [9.17, 15) is 14.4 Å². The Kier molecular flexibility index (Phi) is 3.30. The molecule has 5 nitrogen and oxygen atoms in total. The van der Waals surface area contributed by atoms with Gasteiger partial charge in [0.25, 0.3) is 11.1 Å². The molecule has 0 saturated carbocycles. The lowest BCUT2D eigenvalue weighted by Gasteiger charge is -2.07. The molecular formula is C10H7NO4S2. The maximum atomic E-state index is 11.7. The second-order valence-corrected chi connectivity index (χ2v) is 5.15. The second kappa shape index (κ2) is 4.72. The average Bonchev–Trinajstić information content (AvgIpc) is 2.83. The van der Waals surface area contributed by atoms with Crippen molar-refractivity contribution >= 4 is 46.3 Å². The topological polar surface area (TPSA) is 74.7 Å². The average molecular weight is 269 g/mol.